The van der Waals surface area contributed by atoms with Crippen LogP contribution < -0.4 is 5.32 Å². The van der Waals surface area contributed by atoms with Gasteiger partial charge >= 0.3 is 0 Å². The number of aryl methyl sites for hydroxylation is 2. The number of hydrogen-bond acceptors (Lipinski definition) is 6. The minimum Gasteiger partial charge on any atom is -0.456 e. The third-order valence-corrected chi connectivity index (χ3v) is 5.26. The van der Waals surface area contributed by atoms with Crippen LogP contribution in [0.25, 0.3) is 17.4 Å². The number of nitro benzene ring substituents is 1. The van der Waals surface area contributed by atoms with Gasteiger partial charge in [0.15, 0.2) is 5.17 Å². The lowest BCUT2D eigenvalue weighted by Gasteiger charge is -2.00. The van der Waals surface area contributed by atoms with Gasteiger partial charge in [0.2, 0.25) is 0 Å². The van der Waals surface area contributed by atoms with Gasteiger partial charge in [-0.2, -0.15) is 0 Å². The summed E-state index contributed by atoms with van der Waals surface area (Å²) in [6.45, 7) is 3.99. The summed E-state index contributed by atoms with van der Waals surface area (Å²) in [5.41, 5.74) is 3.30. The lowest BCUT2D eigenvalue weighted by molar-refractivity contribution is -0.384. The molecule has 1 amide bonds. The van der Waals surface area contributed by atoms with Crippen LogP contribution in [-0.2, 0) is 4.79 Å². The van der Waals surface area contributed by atoms with Crippen LogP contribution >= 0.6 is 11.8 Å². The minimum atomic E-state index is -0.452. The number of benzene rings is 2. The van der Waals surface area contributed by atoms with Crippen LogP contribution in [0.5, 0.6) is 0 Å². The number of furan rings is 1. The average molecular weight is 419 g/mol. The minimum absolute atomic E-state index is 0.0399. The number of aliphatic imine (C=N–C) groups is 1. The van der Waals surface area contributed by atoms with Crippen molar-refractivity contribution in [3.8, 4) is 11.3 Å². The summed E-state index contributed by atoms with van der Waals surface area (Å²) in [4.78, 5) is 28.0. The van der Waals surface area contributed by atoms with Crippen molar-refractivity contribution in [3.63, 3.8) is 0 Å². The van der Waals surface area contributed by atoms with Crippen molar-refractivity contribution < 1.29 is 14.1 Å². The molecule has 1 aliphatic heterocycles. The highest BCUT2D eigenvalue weighted by Gasteiger charge is 2.25. The quantitative estimate of drug-likeness (QED) is 0.349. The van der Waals surface area contributed by atoms with E-state index in [2.05, 4.69) is 16.4 Å². The summed E-state index contributed by atoms with van der Waals surface area (Å²) >= 11 is 1.22. The summed E-state index contributed by atoms with van der Waals surface area (Å²) in [5, 5.41) is 14.5. The fourth-order valence-electron chi connectivity index (χ4n) is 3.16. The molecule has 2 aromatic carbocycles. The standard InChI is InChI=1S/C22H17N3O4S/c1-13-9-14(2)11-15(10-13)23-22-24-21(26)20(30-22)12-16-7-8-19(29-16)17-5-3-4-6-18(17)25(27)28/h3-12H,1-2H3,(H,23,24,26)/b20-12-. The molecule has 30 heavy (non-hydrogen) atoms. The summed E-state index contributed by atoms with van der Waals surface area (Å²) in [5.74, 6) is 0.516. The third kappa shape index (κ3) is 4.18. The van der Waals surface area contributed by atoms with Gasteiger partial charge in [-0.05, 0) is 67.1 Å². The van der Waals surface area contributed by atoms with Gasteiger partial charge in [0, 0.05) is 12.1 Å². The molecule has 0 spiro atoms. The highest BCUT2D eigenvalue weighted by molar-refractivity contribution is 8.18. The molecule has 0 atom stereocenters. The second-order valence-electron chi connectivity index (χ2n) is 6.80. The lowest BCUT2D eigenvalue weighted by Crippen LogP contribution is -2.19. The maximum absolute atomic E-state index is 12.3. The van der Waals surface area contributed by atoms with Crippen molar-refractivity contribution in [1.29, 1.82) is 0 Å². The van der Waals surface area contributed by atoms with Gasteiger partial charge < -0.3 is 9.73 Å². The zero-order valence-corrected chi connectivity index (χ0v) is 17.0. The maximum Gasteiger partial charge on any atom is 0.280 e. The summed E-state index contributed by atoms with van der Waals surface area (Å²) < 4.78 is 5.74. The average Bonchev–Trinajstić information content (AvgIpc) is 3.28. The van der Waals surface area contributed by atoms with Crippen LogP contribution in [0.3, 0.4) is 0 Å². The topological polar surface area (TPSA) is 97.7 Å². The predicted molar refractivity (Wildman–Crippen MR) is 118 cm³/mol. The highest BCUT2D eigenvalue weighted by atomic mass is 32.2. The number of amides is 1. The van der Waals surface area contributed by atoms with Crippen molar-refractivity contribution in [2.24, 2.45) is 4.99 Å². The number of para-hydroxylation sites is 1. The monoisotopic (exact) mass is 419 g/mol. The molecule has 4 rings (SSSR count). The summed E-state index contributed by atoms with van der Waals surface area (Å²) in [6, 6.07) is 15.6. The zero-order chi connectivity index (χ0) is 21.3. The molecule has 0 saturated carbocycles. The van der Waals surface area contributed by atoms with E-state index >= 15 is 0 Å². The van der Waals surface area contributed by atoms with E-state index in [1.165, 1.54) is 17.8 Å². The Morgan fingerprint density at radius 3 is 2.57 bits per heavy atom. The normalized spacial score (nSPS) is 16.3. The van der Waals surface area contributed by atoms with E-state index in [1.54, 1.807) is 36.4 Å². The number of nitrogens with zero attached hydrogens (tertiary/aromatic N) is 2. The molecule has 1 fully saturated rings. The van der Waals surface area contributed by atoms with Crippen molar-refractivity contribution >= 4 is 40.3 Å². The Morgan fingerprint density at radius 2 is 1.83 bits per heavy atom. The van der Waals surface area contributed by atoms with E-state index in [0.29, 0.717) is 27.2 Å². The Hall–Kier alpha value is -3.65. The largest absolute Gasteiger partial charge is 0.456 e. The predicted octanol–water partition coefficient (Wildman–Crippen LogP) is 5.36. The number of carbonyl (C=O) groups excluding carboxylic acids is 1. The van der Waals surface area contributed by atoms with Gasteiger partial charge in [0.1, 0.15) is 11.5 Å². The van der Waals surface area contributed by atoms with Gasteiger partial charge in [-0.3, -0.25) is 14.9 Å². The van der Waals surface area contributed by atoms with E-state index in [1.807, 2.05) is 26.0 Å². The van der Waals surface area contributed by atoms with Crippen LogP contribution in [0.15, 0.2) is 68.9 Å². The molecule has 0 radical (unpaired) electrons. The lowest BCUT2D eigenvalue weighted by atomic mass is 10.1. The van der Waals surface area contributed by atoms with Crippen molar-refractivity contribution in [2.45, 2.75) is 13.8 Å². The fraction of sp³-hybridized carbons (Fsp3) is 0.0909. The summed E-state index contributed by atoms with van der Waals surface area (Å²) in [7, 11) is 0. The number of carbonyl (C=O) groups is 1. The van der Waals surface area contributed by atoms with Gasteiger partial charge in [-0.1, -0.05) is 18.2 Å². The smallest absolute Gasteiger partial charge is 0.280 e. The van der Waals surface area contributed by atoms with E-state index in [9.17, 15) is 14.9 Å². The Labute approximate surface area is 176 Å². The zero-order valence-electron chi connectivity index (χ0n) is 16.2. The number of rotatable bonds is 4. The SMILES string of the molecule is Cc1cc(C)cc(N=C2NC(=O)/C(=C/c3ccc(-c4ccccc4[N+](=O)[O-])o3)S2)c1. The number of hydrogen-bond donors (Lipinski definition) is 1. The van der Waals surface area contributed by atoms with Gasteiger partial charge in [0.25, 0.3) is 11.6 Å². The van der Waals surface area contributed by atoms with Crippen LogP contribution in [-0.4, -0.2) is 16.0 Å². The Kier molecular flexibility index (Phi) is 5.24. The molecule has 8 heteroatoms. The van der Waals surface area contributed by atoms with Crippen LogP contribution in [0.1, 0.15) is 16.9 Å². The molecular weight excluding hydrogens is 402 g/mol. The maximum atomic E-state index is 12.3. The molecule has 0 bridgehead atoms. The van der Waals surface area contributed by atoms with Crippen LogP contribution in [0.4, 0.5) is 11.4 Å². The highest BCUT2D eigenvalue weighted by Crippen LogP contribution is 2.33. The molecule has 7 nitrogen and oxygen atoms in total. The van der Waals surface area contributed by atoms with Gasteiger partial charge in [-0.15, -0.1) is 0 Å². The Balaban J connectivity index is 1.59. The van der Waals surface area contributed by atoms with Crippen molar-refractivity contribution in [2.75, 3.05) is 0 Å². The first-order valence-corrected chi connectivity index (χ1v) is 9.92. The Bertz CT molecular complexity index is 1210. The third-order valence-electron chi connectivity index (χ3n) is 4.35. The fourth-order valence-corrected chi connectivity index (χ4v) is 3.98. The first-order chi connectivity index (χ1) is 14.4. The number of thioether (sulfide) groups is 1. The molecule has 1 aromatic heterocycles. The molecule has 1 saturated heterocycles. The van der Waals surface area contributed by atoms with E-state index < -0.39 is 4.92 Å². The van der Waals surface area contributed by atoms with Crippen LogP contribution in [0, 0.1) is 24.0 Å². The number of nitro groups is 1. The first kappa shape index (κ1) is 19.7. The van der Waals surface area contributed by atoms with Gasteiger partial charge in [-0.25, -0.2) is 4.99 Å². The molecule has 150 valence electrons. The molecule has 0 aliphatic carbocycles. The van der Waals surface area contributed by atoms with E-state index in [0.717, 1.165) is 16.8 Å². The molecule has 2 heterocycles. The first-order valence-electron chi connectivity index (χ1n) is 9.10. The van der Waals surface area contributed by atoms with E-state index in [-0.39, 0.29) is 11.6 Å². The molecule has 0 unspecified atom stereocenters. The second kappa shape index (κ2) is 8.00. The molecule has 1 N–H and O–H groups in total. The second-order valence-corrected chi connectivity index (χ2v) is 7.83. The number of nitrogens with one attached hydrogen (secondary N) is 1. The summed E-state index contributed by atoms with van der Waals surface area (Å²) in [6.07, 6.45) is 1.60. The molecule has 3 aromatic rings. The van der Waals surface area contributed by atoms with Crippen molar-refractivity contribution in [1.82, 2.24) is 5.32 Å². The van der Waals surface area contributed by atoms with E-state index in [4.69, 9.17) is 4.42 Å². The van der Waals surface area contributed by atoms with Crippen molar-refractivity contribution in [3.05, 3.63) is 86.5 Å². The van der Waals surface area contributed by atoms with Crippen LogP contribution in [0.2, 0.25) is 0 Å². The van der Waals surface area contributed by atoms with Gasteiger partial charge in [0.05, 0.1) is 21.1 Å². The number of amidine groups is 1. The molecule has 1 aliphatic rings. The Morgan fingerprint density at radius 1 is 1.10 bits per heavy atom. The molecular formula is C22H17N3O4S.